The fraction of sp³-hybridized carbons (Fsp3) is 0.278. The van der Waals surface area contributed by atoms with Crippen LogP contribution in [0.25, 0.3) is 12.3 Å². The summed E-state index contributed by atoms with van der Waals surface area (Å²) in [5.74, 6) is 0.576. The topological polar surface area (TPSA) is 40.5 Å². The van der Waals surface area contributed by atoms with Crippen molar-refractivity contribution in [3.8, 4) is 11.5 Å². The van der Waals surface area contributed by atoms with Gasteiger partial charge in [-0.25, -0.2) is 0 Å². The molecule has 0 bridgehead atoms. The van der Waals surface area contributed by atoms with Crippen LogP contribution in [0.5, 0.6) is 11.5 Å². The van der Waals surface area contributed by atoms with Crippen molar-refractivity contribution in [2.75, 3.05) is 12.2 Å². The first-order valence-corrected chi connectivity index (χ1v) is 8.88. The Morgan fingerprint density at radius 3 is 2.44 bits per heavy atom. The minimum Gasteiger partial charge on any atom is -0.479 e. The normalized spacial score (nSPS) is 11.3. The van der Waals surface area contributed by atoms with E-state index in [1.165, 1.54) is 17.8 Å². The maximum absolute atomic E-state index is 12.5. The second kappa shape index (κ2) is 8.71. The van der Waals surface area contributed by atoms with E-state index >= 15 is 0 Å². The summed E-state index contributed by atoms with van der Waals surface area (Å²) in [5.41, 5.74) is 2.33. The Morgan fingerprint density at radius 2 is 1.84 bits per heavy atom. The van der Waals surface area contributed by atoms with Gasteiger partial charge in [-0.05, 0) is 43.9 Å². The lowest BCUT2D eigenvalue weighted by Gasteiger charge is -2.12. The summed E-state index contributed by atoms with van der Waals surface area (Å²) >= 11 is 1.43. The second-order valence-corrected chi connectivity index (χ2v) is 6.11. The van der Waals surface area contributed by atoms with E-state index in [0.717, 1.165) is 17.0 Å². The number of halogens is 2. The fourth-order valence-corrected chi connectivity index (χ4v) is 2.57. The third kappa shape index (κ3) is 5.35. The van der Waals surface area contributed by atoms with Gasteiger partial charge in [-0.15, -0.1) is 11.8 Å². The highest BCUT2D eigenvalue weighted by Crippen LogP contribution is 2.31. The summed E-state index contributed by atoms with van der Waals surface area (Å²) in [6.07, 6.45) is 5.47. The molecule has 0 aliphatic carbocycles. The van der Waals surface area contributed by atoms with Gasteiger partial charge in [0.2, 0.25) is 0 Å². The third-order valence-corrected chi connectivity index (χ3v) is 3.75. The molecule has 0 amide bonds. The van der Waals surface area contributed by atoms with Crippen molar-refractivity contribution in [3.05, 3.63) is 57.5 Å². The van der Waals surface area contributed by atoms with Gasteiger partial charge in [-0.1, -0.05) is 6.07 Å². The lowest BCUT2D eigenvalue weighted by atomic mass is 10.2. The smallest absolute Gasteiger partial charge is 0.387 e. The number of alkyl halides is 2. The van der Waals surface area contributed by atoms with Gasteiger partial charge in [0.1, 0.15) is 5.94 Å². The van der Waals surface area contributed by atoms with E-state index in [1.54, 1.807) is 24.3 Å². The zero-order valence-corrected chi connectivity index (χ0v) is 15.0. The number of rotatable bonds is 7. The first-order valence-electron chi connectivity index (χ1n) is 7.49. The summed E-state index contributed by atoms with van der Waals surface area (Å²) in [6.45, 7) is 0.765. The van der Waals surface area contributed by atoms with Crippen molar-refractivity contribution < 1.29 is 18.3 Å². The van der Waals surface area contributed by atoms with Crippen molar-refractivity contribution in [1.29, 1.82) is 0 Å². The monoisotopic (exact) mass is 367 g/mol. The number of ether oxygens (including phenoxy) is 2. The summed E-state index contributed by atoms with van der Waals surface area (Å²) in [6, 6.07) is 7.84. The number of benzene rings is 1. The van der Waals surface area contributed by atoms with Crippen molar-refractivity contribution in [1.82, 2.24) is 4.57 Å². The van der Waals surface area contributed by atoms with E-state index in [9.17, 15) is 13.6 Å². The standard InChI is InChI=1S/C18H19F2NO3S/c1-12-8-15(22)9-13(2)21(12)7-6-14-4-5-16(24-18(19)20)17(10-14)23-11-25-3/h4-10,18H,11H2,1-3H3. The van der Waals surface area contributed by atoms with Crippen LogP contribution in [0.2, 0.25) is 0 Å². The Bertz CT molecular complexity index is 792. The van der Waals surface area contributed by atoms with Crippen LogP contribution < -0.4 is 14.9 Å². The van der Waals surface area contributed by atoms with E-state index in [-0.39, 0.29) is 16.9 Å². The Labute approximate surface area is 149 Å². The average molecular weight is 367 g/mol. The highest BCUT2D eigenvalue weighted by molar-refractivity contribution is 7.98. The van der Waals surface area contributed by atoms with Crippen LogP contribution in [0, 0.1) is 13.8 Å². The van der Waals surface area contributed by atoms with E-state index in [2.05, 4.69) is 4.74 Å². The lowest BCUT2D eigenvalue weighted by molar-refractivity contribution is -0.0512. The maximum Gasteiger partial charge on any atom is 0.387 e. The van der Waals surface area contributed by atoms with Crippen molar-refractivity contribution >= 4 is 24.0 Å². The highest BCUT2D eigenvalue weighted by atomic mass is 32.2. The first kappa shape index (κ1) is 19.1. The maximum atomic E-state index is 12.5. The molecule has 0 fully saturated rings. The number of aryl methyl sites for hydroxylation is 2. The van der Waals surface area contributed by atoms with Gasteiger partial charge in [-0.3, -0.25) is 4.79 Å². The van der Waals surface area contributed by atoms with Crippen LogP contribution in [0.3, 0.4) is 0 Å². The number of aromatic nitrogens is 1. The third-order valence-electron chi connectivity index (χ3n) is 3.39. The quantitative estimate of drug-likeness (QED) is 0.681. The van der Waals surface area contributed by atoms with Gasteiger partial charge in [0, 0.05) is 29.7 Å². The molecule has 0 aliphatic heterocycles. The van der Waals surface area contributed by atoms with E-state index in [4.69, 9.17) is 4.74 Å². The number of pyridine rings is 1. The molecule has 1 heterocycles. The van der Waals surface area contributed by atoms with Gasteiger partial charge < -0.3 is 14.0 Å². The SMILES string of the molecule is CSCOc1cc(C=Cn2c(C)cc(=O)cc2C)ccc1OC(F)F. The summed E-state index contributed by atoms with van der Waals surface area (Å²) in [4.78, 5) is 11.5. The predicted octanol–water partition coefficient (Wildman–Crippen LogP) is 4.39. The van der Waals surface area contributed by atoms with Crippen LogP contribution in [0.4, 0.5) is 8.78 Å². The summed E-state index contributed by atoms with van der Waals surface area (Å²) in [5, 5.41) is 0. The molecule has 2 aromatic rings. The zero-order valence-electron chi connectivity index (χ0n) is 14.2. The van der Waals surface area contributed by atoms with Gasteiger partial charge in [-0.2, -0.15) is 8.78 Å². The number of hydrogen-bond donors (Lipinski definition) is 0. The van der Waals surface area contributed by atoms with Crippen LogP contribution in [0.1, 0.15) is 17.0 Å². The molecule has 2 rings (SSSR count). The molecular formula is C18H19F2NO3S. The minimum absolute atomic E-state index is 0.00285. The predicted molar refractivity (Wildman–Crippen MR) is 97.5 cm³/mol. The van der Waals surface area contributed by atoms with Gasteiger partial charge >= 0.3 is 6.61 Å². The van der Waals surface area contributed by atoms with E-state index < -0.39 is 6.61 Å². The molecule has 134 valence electrons. The van der Waals surface area contributed by atoms with Gasteiger partial charge in [0.15, 0.2) is 16.9 Å². The molecule has 0 saturated carbocycles. The number of hydrogen-bond acceptors (Lipinski definition) is 4. The number of nitrogens with zero attached hydrogens (tertiary/aromatic N) is 1. The fourth-order valence-electron chi connectivity index (χ4n) is 2.32. The van der Waals surface area contributed by atoms with E-state index in [1.807, 2.05) is 36.9 Å². The van der Waals surface area contributed by atoms with Crippen molar-refractivity contribution in [3.63, 3.8) is 0 Å². The Balaban J connectivity index is 2.31. The number of thioether (sulfide) groups is 1. The summed E-state index contributed by atoms with van der Waals surface area (Å²) in [7, 11) is 0. The lowest BCUT2D eigenvalue weighted by Crippen LogP contribution is -2.08. The highest BCUT2D eigenvalue weighted by Gasteiger charge is 2.11. The Hall–Kier alpha value is -2.28. The van der Waals surface area contributed by atoms with Crippen LogP contribution in [-0.4, -0.2) is 23.4 Å². The summed E-state index contributed by atoms with van der Waals surface area (Å²) < 4.78 is 36.8. The molecule has 0 atom stereocenters. The average Bonchev–Trinajstić information content (AvgIpc) is 2.53. The molecule has 0 N–H and O–H groups in total. The molecular weight excluding hydrogens is 348 g/mol. The van der Waals surface area contributed by atoms with Crippen LogP contribution >= 0.6 is 11.8 Å². The molecule has 4 nitrogen and oxygen atoms in total. The molecule has 1 aromatic carbocycles. The van der Waals surface area contributed by atoms with Crippen molar-refractivity contribution in [2.45, 2.75) is 20.5 Å². The van der Waals surface area contributed by atoms with E-state index in [0.29, 0.717) is 5.94 Å². The van der Waals surface area contributed by atoms with Crippen LogP contribution in [0.15, 0.2) is 35.1 Å². The Morgan fingerprint density at radius 1 is 1.16 bits per heavy atom. The molecule has 1 aromatic heterocycles. The minimum atomic E-state index is -2.91. The van der Waals surface area contributed by atoms with Gasteiger partial charge in [0.25, 0.3) is 0 Å². The second-order valence-electron chi connectivity index (χ2n) is 5.30. The van der Waals surface area contributed by atoms with Gasteiger partial charge in [0.05, 0.1) is 0 Å². The van der Waals surface area contributed by atoms with Crippen molar-refractivity contribution in [2.24, 2.45) is 0 Å². The zero-order chi connectivity index (χ0) is 18.4. The molecule has 7 heteroatoms. The largest absolute Gasteiger partial charge is 0.479 e. The molecule has 0 aliphatic rings. The molecule has 0 saturated heterocycles. The molecule has 0 unspecified atom stereocenters. The molecule has 25 heavy (non-hydrogen) atoms. The molecule has 0 radical (unpaired) electrons. The van der Waals surface area contributed by atoms with Crippen LogP contribution in [-0.2, 0) is 0 Å². The molecule has 0 spiro atoms. The first-order chi connectivity index (χ1) is 11.9. The Kier molecular flexibility index (Phi) is 6.64.